The lowest BCUT2D eigenvalue weighted by Crippen LogP contribution is -2.54. The predicted molar refractivity (Wildman–Crippen MR) is 83.4 cm³/mol. The van der Waals surface area contributed by atoms with Crippen LogP contribution in [-0.2, 0) is 9.53 Å². The zero-order valence-electron chi connectivity index (χ0n) is 13.6. The summed E-state index contributed by atoms with van der Waals surface area (Å²) in [4.78, 5) is 25.4. The molecule has 0 spiro atoms. The molecule has 0 aromatic heterocycles. The molecule has 1 aromatic rings. The maximum Gasteiger partial charge on any atom is 0.406 e. The van der Waals surface area contributed by atoms with Gasteiger partial charge in [-0.2, -0.15) is 0 Å². The smallest absolute Gasteiger partial charge is 0.406 e. The van der Waals surface area contributed by atoms with Crippen LogP contribution in [0.1, 0.15) is 25.0 Å². The normalized spacial score (nSPS) is 15.9. The van der Waals surface area contributed by atoms with Gasteiger partial charge in [0.05, 0.1) is 12.8 Å². The van der Waals surface area contributed by atoms with E-state index >= 15 is 0 Å². The number of nitrogens with one attached hydrogen (secondary N) is 1. The highest BCUT2D eigenvalue weighted by atomic mass is 16.5. The lowest BCUT2D eigenvalue weighted by molar-refractivity contribution is -0.132. The van der Waals surface area contributed by atoms with E-state index in [9.17, 15) is 9.59 Å². The first-order valence-electron chi connectivity index (χ1n) is 7.20. The van der Waals surface area contributed by atoms with Crippen LogP contribution >= 0.6 is 0 Å². The second-order valence-corrected chi connectivity index (χ2v) is 5.89. The molecule has 0 aliphatic carbocycles. The van der Waals surface area contributed by atoms with Crippen LogP contribution < -0.4 is 15.0 Å². The largest absolute Gasteiger partial charge is 0.476 e. The van der Waals surface area contributed by atoms with E-state index in [-0.39, 0.29) is 5.91 Å². The fourth-order valence-electron chi connectivity index (χ4n) is 2.38. The van der Waals surface area contributed by atoms with Crippen LogP contribution in [0.2, 0.25) is 0 Å². The first kappa shape index (κ1) is 16.1. The maximum atomic E-state index is 12.6. The van der Waals surface area contributed by atoms with Crippen LogP contribution in [0.3, 0.4) is 0 Å². The Morgan fingerprint density at radius 2 is 1.95 bits per heavy atom. The number of fused-ring (bicyclic) bond motifs is 1. The Labute approximate surface area is 130 Å². The van der Waals surface area contributed by atoms with E-state index in [0.29, 0.717) is 18.8 Å². The molecule has 120 valence electrons. The van der Waals surface area contributed by atoms with E-state index in [1.54, 1.807) is 18.7 Å². The van der Waals surface area contributed by atoms with Gasteiger partial charge < -0.3 is 19.7 Å². The van der Waals surface area contributed by atoms with Gasteiger partial charge in [-0.15, -0.1) is 0 Å². The minimum absolute atomic E-state index is 0.130. The maximum absolute atomic E-state index is 12.6. The van der Waals surface area contributed by atoms with Crippen molar-refractivity contribution in [2.45, 2.75) is 33.3 Å². The second kappa shape index (κ2) is 5.87. The summed E-state index contributed by atoms with van der Waals surface area (Å²) in [7, 11) is 1.31. The molecular weight excluding hydrogens is 284 g/mol. The summed E-state index contributed by atoms with van der Waals surface area (Å²) in [5, 5.41) is 2.59. The van der Waals surface area contributed by atoms with Gasteiger partial charge in [0.2, 0.25) is 0 Å². The number of carbonyl (C=O) groups excluding carboxylic acids is 2. The number of hydrogen-bond donors (Lipinski definition) is 1. The number of methoxy groups -OCH3 is 1. The number of alkyl carbamates (subject to hydrolysis) is 1. The van der Waals surface area contributed by atoms with Crippen LogP contribution in [0.5, 0.6) is 5.75 Å². The van der Waals surface area contributed by atoms with E-state index in [2.05, 4.69) is 10.1 Å². The van der Waals surface area contributed by atoms with Crippen molar-refractivity contribution >= 4 is 17.7 Å². The highest BCUT2D eigenvalue weighted by Crippen LogP contribution is 2.39. The summed E-state index contributed by atoms with van der Waals surface area (Å²) in [5.41, 5.74) is 2.00. The van der Waals surface area contributed by atoms with Crippen molar-refractivity contribution in [1.82, 2.24) is 5.32 Å². The van der Waals surface area contributed by atoms with E-state index in [1.807, 2.05) is 26.0 Å². The van der Waals surface area contributed by atoms with E-state index < -0.39 is 11.7 Å². The second-order valence-electron chi connectivity index (χ2n) is 5.89. The number of ether oxygens (including phenoxy) is 2. The summed E-state index contributed by atoms with van der Waals surface area (Å²) < 4.78 is 10.4. The predicted octanol–water partition coefficient (Wildman–Crippen LogP) is 2.16. The van der Waals surface area contributed by atoms with E-state index in [1.165, 1.54) is 7.11 Å². The quantitative estimate of drug-likeness (QED) is 0.929. The van der Waals surface area contributed by atoms with E-state index in [0.717, 1.165) is 16.8 Å². The van der Waals surface area contributed by atoms with Gasteiger partial charge in [-0.25, -0.2) is 4.79 Å². The third-order valence-corrected chi connectivity index (χ3v) is 3.78. The monoisotopic (exact) mass is 306 g/mol. The number of hydrogen-bond acceptors (Lipinski definition) is 4. The lowest BCUT2D eigenvalue weighted by Gasteiger charge is -2.39. The number of rotatable bonds is 3. The molecule has 1 aliphatic heterocycles. The number of amides is 2. The zero-order chi connectivity index (χ0) is 16.5. The topological polar surface area (TPSA) is 67.9 Å². The first-order chi connectivity index (χ1) is 10.3. The summed E-state index contributed by atoms with van der Waals surface area (Å²) in [6.07, 6.45) is -0.514. The number of anilines is 1. The van der Waals surface area contributed by atoms with Crippen LogP contribution in [0.4, 0.5) is 10.5 Å². The van der Waals surface area contributed by atoms with Crippen molar-refractivity contribution in [3.05, 3.63) is 23.3 Å². The Morgan fingerprint density at radius 3 is 2.59 bits per heavy atom. The van der Waals surface area contributed by atoms with Crippen LogP contribution in [0, 0.1) is 13.8 Å². The number of carbonyl (C=O) groups is 2. The van der Waals surface area contributed by atoms with Crippen LogP contribution in [0.15, 0.2) is 12.1 Å². The molecule has 1 aliphatic rings. The minimum Gasteiger partial charge on any atom is -0.476 e. The number of nitrogens with zero attached hydrogens (tertiary/aromatic N) is 1. The summed E-state index contributed by atoms with van der Waals surface area (Å²) in [6.45, 7) is 8.15. The van der Waals surface area contributed by atoms with Crippen molar-refractivity contribution in [1.29, 1.82) is 0 Å². The SMILES string of the molecule is COC(=O)NCCN1C(=O)C(C)(C)Oc2cc(C)c(C)cc21. The molecule has 0 saturated carbocycles. The van der Waals surface area contributed by atoms with Gasteiger partial charge in [0.15, 0.2) is 5.60 Å². The molecule has 0 radical (unpaired) electrons. The van der Waals surface area contributed by atoms with Crippen molar-refractivity contribution < 1.29 is 19.1 Å². The van der Waals surface area contributed by atoms with Crippen molar-refractivity contribution in [2.75, 3.05) is 25.1 Å². The van der Waals surface area contributed by atoms with Gasteiger partial charge in [0.1, 0.15) is 5.75 Å². The highest BCUT2D eigenvalue weighted by Gasteiger charge is 2.40. The summed E-state index contributed by atoms with van der Waals surface area (Å²) >= 11 is 0. The number of aryl methyl sites for hydroxylation is 2. The Bertz CT molecular complexity index is 610. The summed E-state index contributed by atoms with van der Waals surface area (Å²) in [6, 6.07) is 3.88. The molecule has 1 N–H and O–H groups in total. The van der Waals surface area contributed by atoms with Gasteiger partial charge in [0, 0.05) is 13.1 Å². The molecule has 0 fully saturated rings. The molecule has 0 saturated heterocycles. The zero-order valence-corrected chi connectivity index (χ0v) is 13.6. The first-order valence-corrected chi connectivity index (χ1v) is 7.20. The van der Waals surface area contributed by atoms with E-state index in [4.69, 9.17) is 4.74 Å². The fourth-order valence-corrected chi connectivity index (χ4v) is 2.38. The van der Waals surface area contributed by atoms with Gasteiger partial charge >= 0.3 is 6.09 Å². The molecule has 0 unspecified atom stereocenters. The third kappa shape index (κ3) is 3.00. The lowest BCUT2D eigenvalue weighted by atomic mass is 10.0. The molecule has 22 heavy (non-hydrogen) atoms. The molecule has 6 nitrogen and oxygen atoms in total. The molecule has 0 atom stereocenters. The van der Waals surface area contributed by atoms with Gasteiger partial charge in [-0.05, 0) is 51.0 Å². The molecular formula is C16H22N2O4. The standard InChI is InChI=1S/C16H22N2O4/c1-10-8-12-13(9-11(10)2)22-16(3,4)14(19)18(12)7-6-17-15(20)21-5/h8-9H,6-7H2,1-5H3,(H,17,20). The average Bonchev–Trinajstić information content (AvgIpc) is 2.45. The minimum atomic E-state index is -0.931. The fraction of sp³-hybridized carbons (Fsp3) is 0.500. The number of benzene rings is 1. The van der Waals surface area contributed by atoms with Gasteiger partial charge in [0.25, 0.3) is 5.91 Å². The Hall–Kier alpha value is -2.24. The summed E-state index contributed by atoms with van der Waals surface area (Å²) in [5.74, 6) is 0.556. The highest BCUT2D eigenvalue weighted by molar-refractivity contribution is 6.02. The van der Waals surface area contributed by atoms with Crippen LogP contribution in [0.25, 0.3) is 0 Å². The molecule has 1 heterocycles. The molecule has 0 bridgehead atoms. The molecule has 2 rings (SSSR count). The molecule has 2 amide bonds. The van der Waals surface area contributed by atoms with Crippen molar-refractivity contribution in [3.63, 3.8) is 0 Å². The Balaban J connectivity index is 2.29. The van der Waals surface area contributed by atoms with Crippen molar-refractivity contribution in [3.8, 4) is 5.75 Å². The Kier molecular flexibility index (Phi) is 4.30. The third-order valence-electron chi connectivity index (χ3n) is 3.78. The van der Waals surface area contributed by atoms with Crippen LogP contribution in [-0.4, -0.2) is 37.8 Å². The molecule has 1 aromatic carbocycles. The van der Waals surface area contributed by atoms with Crippen molar-refractivity contribution in [2.24, 2.45) is 0 Å². The van der Waals surface area contributed by atoms with Gasteiger partial charge in [-0.1, -0.05) is 0 Å². The average molecular weight is 306 g/mol. The Morgan fingerprint density at radius 1 is 1.32 bits per heavy atom. The molecule has 6 heteroatoms. The van der Waals surface area contributed by atoms with Gasteiger partial charge in [-0.3, -0.25) is 4.79 Å².